The second-order valence-corrected chi connectivity index (χ2v) is 8.51. The predicted molar refractivity (Wildman–Crippen MR) is 113 cm³/mol. The van der Waals surface area contributed by atoms with Crippen LogP contribution in [0.5, 0.6) is 0 Å². The maximum Gasteiger partial charge on any atom is 0.261 e. The Balaban J connectivity index is 1.73. The summed E-state index contributed by atoms with van der Waals surface area (Å²) < 4.78 is 45.4. The number of nitrogens with one attached hydrogen (secondary N) is 3. The van der Waals surface area contributed by atoms with E-state index in [0.717, 1.165) is 11.1 Å². The molecule has 0 spiro atoms. The number of fused-ring (bicyclic) bond motifs is 1. The fraction of sp³-hybridized carbons (Fsp3) is 0.286. The average Bonchev–Trinajstić information content (AvgIpc) is 3.16. The third-order valence-electron chi connectivity index (χ3n) is 6.03. The van der Waals surface area contributed by atoms with Gasteiger partial charge < -0.3 is 10.6 Å². The molecule has 1 atom stereocenters. The van der Waals surface area contributed by atoms with Gasteiger partial charge in [-0.1, -0.05) is 23.7 Å². The number of pyridine rings is 1. The number of carbonyl (C=O) groups is 1. The van der Waals surface area contributed by atoms with E-state index < -0.39 is 28.8 Å². The van der Waals surface area contributed by atoms with Gasteiger partial charge in [-0.2, -0.15) is 5.10 Å². The molecule has 0 aliphatic carbocycles. The highest BCUT2D eigenvalue weighted by Gasteiger charge is 2.47. The summed E-state index contributed by atoms with van der Waals surface area (Å²) in [6, 6.07) is 4.39. The van der Waals surface area contributed by atoms with Gasteiger partial charge >= 0.3 is 0 Å². The Kier molecular flexibility index (Phi) is 4.86. The summed E-state index contributed by atoms with van der Waals surface area (Å²) in [5.41, 5.74) is -1.45. The smallest absolute Gasteiger partial charge is 0.261 e. The topological polar surface area (TPSA) is 85.9 Å². The van der Waals surface area contributed by atoms with Gasteiger partial charge in [0.15, 0.2) is 23.3 Å². The number of benzene rings is 1. The van der Waals surface area contributed by atoms with Crippen molar-refractivity contribution in [3.05, 3.63) is 69.8 Å². The van der Waals surface area contributed by atoms with Crippen molar-refractivity contribution in [1.29, 1.82) is 0 Å². The second-order valence-electron chi connectivity index (χ2n) is 8.10. The van der Waals surface area contributed by atoms with E-state index >= 15 is 8.78 Å². The maximum atomic E-state index is 15.8. The Morgan fingerprint density at radius 3 is 2.66 bits per heavy atom. The molecule has 0 unspecified atom stereocenters. The zero-order valence-electron chi connectivity index (χ0n) is 16.8. The Morgan fingerprint density at radius 2 is 2.00 bits per heavy atom. The number of aromatic nitrogens is 3. The molecule has 0 saturated carbocycles. The van der Waals surface area contributed by atoms with Crippen LogP contribution < -0.4 is 15.5 Å². The molecule has 3 aromatic rings. The van der Waals surface area contributed by atoms with Crippen molar-refractivity contribution in [2.45, 2.75) is 18.4 Å². The fourth-order valence-electron chi connectivity index (χ4n) is 4.27. The van der Waals surface area contributed by atoms with Gasteiger partial charge in [0.25, 0.3) is 5.91 Å². The standard InChI is InChI=1S/C21H18ClF3N6O/c1-21(12-3-2-4-13(22)16(12)24)9-31(19-14(23)8-28-30-19)20(32)11-7-27-18(17(25)15(11)21)29-10-5-26-6-10/h2-4,7-8,10,26H,5-6,9H2,1H3,(H,27,29)(H,28,30)/t21-/m1/s1. The first-order valence-electron chi connectivity index (χ1n) is 9.92. The van der Waals surface area contributed by atoms with Gasteiger partial charge in [-0.15, -0.1) is 0 Å². The lowest BCUT2D eigenvalue weighted by Crippen LogP contribution is -2.52. The summed E-state index contributed by atoms with van der Waals surface area (Å²) in [5.74, 6) is -3.16. The van der Waals surface area contributed by atoms with Crippen LogP contribution in [-0.4, -0.2) is 46.8 Å². The number of halogens is 4. The Bertz CT molecular complexity index is 1230. The highest BCUT2D eigenvalue weighted by Crippen LogP contribution is 2.44. The second kappa shape index (κ2) is 7.49. The van der Waals surface area contributed by atoms with Crippen LogP contribution in [0.25, 0.3) is 0 Å². The zero-order chi connectivity index (χ0) is 22.6. The molecule has 1 saturated heterocycles. The number of hydrogen-bond acceptors (Lipinski definition) is 5. The van der Waals surface area contributed by atoms with Crippen LogP contribution in [0, 0.1) is 17.5 Å². The highest BCUT2D eigenvalue weighted by molar-refractivity contribution is 6.30. The Hall–Kier alpha value is -3.11. The van der Waals surface area contributed by atoms with Crippen molar-refractivity contribution in [3.63, 3.8) is 0 Å². The molecule has 1 aromatic carbocycles. The van der Waals surface area contributed by atoms with Crippen molar-refractivity contribution >= 4 is 29.1 Å². The average molecular weight is 463 g/mol. The molecular formula is C21H18ClF3N6O. The van der Waals surface area contributed by atoms with E-state index in [2.05, 4.69) is 25.8 Å². The fourth-order valence-corrected chi connectivity index (χ4v) is 4.44. The van der Waals surface area contributed by atoms with Gasteiger partial charge in [0, 0.05) is 42.4 Å². The SMILES string of the molecule is C[C@]1(c2cccc(Cl)c2F)CN(c2[nH]ncc2F)C(=O)c2cnc(NC3CNC3)c(F)c21. The monoisotopic (exact) mass is 462 g/mol. The van der Waals surface area contributed by atoms with Gasteiger partial charge in [0.05, 0.1) is 22.8 Å². The third kappa shape index (κ3) is 3.05. The van der Waals surface area contributed by atoms with Crippen LogP contribution in [0.15, 0.2) is 30.6 Å². The molecule has 166 valence electrons. The van der Waals surface area contributed by atoms with Crippen LogP contribution in [0.3, 0.4) is 0 Å². The maximum absolute atomic E-state index is 15.8. The summed E-state index contributed by atoms with van der Waals surface area (Å²) in [6.07, 6.45) is 2.16. The predicted octanol–water partition coefficient (Wildman–Crippen LogP) is 3.23. The van der Waals surface area contributed by atoms with E-state index in [9.17, 15) is 9.18 Å². The van der Waals surface area contributed by atoms with E-state index in [1.807, 2.05) is 0 Å². The third-order valence-corrected chi connectivity index (χ3v) is 6.33. The molecule has 2 aliphatic heterocycles. The van der Waals surface area contributed by atoms with Crippen molar-refractivity contribution in [2.24, 2.45) is 0 Å². The number of H-pyrrole nitrogens is 1. The van der Waals surface area contributed by atoms with E-state index in [1.165, 1.54) is 18.3 Å². The van der Waals surface area contributed by atoms with Gasteiger partial charge in [0.1, 0.15) is 5.82 Å². The van der Waals surface area contributed by atoms with Crippen LogP contribution >= 0.6 is 11.6 Å². The minimum Gasteiger partial charge on any atom is -0.362 e. The first kappa shape index (κ1) is 20.8. The summed E-state index contributed by atoms with van der Waals surface area (Å²) in [6.45, 7) is 2.63. The number of carbonyl (C=O) groups excluding carboxylic acids is 1. The van der Waals surface area contributed by atoms with E-state index in [4.69, 9.17) is 11.6 Å². The number of rotatable bonds is 4. The molecular weight excluding hydrogens is 445 g/mol. The molecule has 1 amide bonds. The normalized spacial score (nSPS) is 20.8. The summed E-state index contributed by atoms with van der Waals surface area (Å²) in [4.78, 5) is 18.4. The van der Waals surface area contributed by atoms with E-state index in [-0.39, 0.29) is 45.9 Å². The molecule has 0 bridgehead atoms. The molecule has 4 heterocycles. The van der Waals surface area contributed by atoms with Gasteiger partial charge in [-0.25, -0.2) is 18.2 Å². The first-order valence-corrected chi connectivity index (χ1v) is 10.3. The van der Waals surface area contributed by atoms with Crippen molar-refractivity contribution in [2.75, 3.05) is 29.9 Å². The number of aromatic amines is 1. The van der Waals surface area contributed by atoms with Crippen LogP contribution in [0.1, 0.15) is 28.4 Å². The summed E-state index contributed by atoms with van der Waals surface area (Å²) in [5, 5.41) is 12.0. The molecule has 7 nitrogen and oxygen atoms in total. The number of hydrogen-bond donors (Lipinski definition) is 3. The lowest BCUT2D eigenvalue weighted by molar-refractivity contribution is 0.0967. The Labute approximate surface area is 186 Å². The zero-order valence-corrected chi connectivity index (χ0v) is 17.6. The number of anilines is 2. The van der Waals surface area contributed by atoms with E-state index in [0.29, 0.717) is 13.1 Å². The van der Waals surface area contributed by atoms with Gasteiger partial charge in [0.2, 0.25) is 0 Å². The summed E-state index contributed by atoms with van der Waals surface area (Å²) in [7, 11) is 0. The number of nitrogens with zero attached hydrogens (tertiary/aromatic N) is 3. The van der Waals surface area contributed by atoms with Gasteiger partial charge in [-0.3, -0.25) is 14.8 Å². The molecule has 0 radical (unpaired) electrons. The van der Waals surface area contributed by atoms with Gasteiger partial charge in [-0.05, 0) is 13.0 Å². The van der Waals surface area contributed by atoms with Crippen LogP contribution in [-0.2, 0) is 5.41 Å². The van der Waals surface area contributed by atoms with E-state index in [1.54, 1.807) is 13.0 Å². The first-order chi connectivity index (χ1) is 15.3. The molecule has 3 N–H and O–H groups in total. The quantitative estimate of drug-likeness (QED) is 0.554. The van der Waals surface area contributed by atoms with Crippen LogP contribution in [0.2, 0.25) is 5.02 Å². The number of amides is 1. The minimum atomic E-state index is -1.41. The Morgan fingerprint density at radius 1 is 1.22 bits per heavy atom. The minimum absolute atomic E-state index is 0.0147. The van der Waals surface area contributed by atoms with Crippen molar-refractivity contribution < 1.29 is 18.0 Å². The van der Waals surface area contributed by atoms with Crippen molar-refractivity contribution in [1.82, 2.24) is 20.5 Å². The molecule has 2 aromatic heterocycles. The molecule has 11 heteroatoms. The summed E-state index contributed by atoms with van der Waals surface area (Å²) >= 11 is 6.02. The lowest BCUT2D eigenvalue weighted by Gasteiger charge is -2.42. The van der Waals surface area contributed by atoms with Crippen molar-refractivity contribution in [3.8, 4) is 0 Å². The van der Waals surface area contributed by atoms with Crippen LogP contribution in [0.4, 0.5) is 24.8 Å². The highest BCUT2D eigenvalue weighted by atomic mass is 35.5. The molecule has 2 aliphatic rings. The molecule has 5 rings (SSSR count). The molecule has 1 fully saturated rings. The molecule has 32 heavy (non-hydrogen) atoms. The largest absolute Gasteiger partial charge is 0.362 e. The lowest BCUT2D eigenvalue weighted by atomic mass is 9.71.